The molecular formula is C19H22F4O3. The molecular weight excluding hydrogens is 352 g/mol. The molecule has 0 aromatic heterocycles. The van der Waals surface area contributed by atoms with Gasteiger partial charge in [-0.2, -0.15) is 13.2 Å². The molecule has 1 fully saturated rings. The lowest BCUT2D eigenvalue weighted by Crippen LogP contribution is -2.36. The Labute approximate surface area is 149 Å². The van der Waals surface area contributed by atoms with E-state index < -0.39 is 52.6 Å². The summed E-state index contributed by atoms with van der Waals surface area (Å²) in [6.07, 6.45) is -4.99. The van der Waals surface area contributed by atoms with Gasteiger partial charge in [0.1, 0.15) is 17.5 Å². The Hall–Kier alpha value is -1.92. The molecule has 7 heteroatoms. The Morgan fingerprint density at radius 2 is 1.88 bits per heavy atom. The molecule has 2 rings (SSSR count). The van der Waals surface area contributed by atoms with Gasteiger partial charge in [0.2, 0.25) is 0 Å². The third kappa shape index (κ3) is 3.76. The lowest BCUT2D eigenvalue weighted by atomic mass is 9.69. The Balaban J connectivity index is 2.50. The highest BCUT2D eigenvalue weighted by molar-refractivity contribution is 6.00. The summed E-state index contributed by atoms with van der Waals surface area (Å²) >= 11 is 0. The Morgan fingerprint density at radius 1 is 1.27 bits per heavy atom. The maximum absolute atomic E-state index is 14.7. The largest absolute Gasteiger partial charge is 0.465 e. The highest BCUT2D eigenvalue weighted by atomic mass is 19.4. The fourth-order valence-electron chi connectivity index (χ4n) is 3.80. The molecule has 0 N–H and O–H groups in total. The van der Waals surface area contributed by atoms with Crippen molar-refractivity contribution in [3.8, 4) is 0 Å². The molecule has 1 aliphatic rings. The Kier molecular flexibility index (Phi) is 5.78. The molecule has 1 aliphatic carbocycles. The van der Waals surface area contributed by atoms with Crippen LogP contribution >= 0.6 is 0 Å². The predicted octanol–water partition coefficient (Wildman–Crippen LogP) is 4.72. The SMILES string of the molecule is CCOC(=O)C1CC(C)C(c2c(F)c(C)cc(C)c2C(F)(F)F)CC1=O. The minimum absolute atomic E-state index is 0.0477. The van der Waals surface area contributed by atoms with Gasteiger partial charge in [0.25, 0.3) is 0 Å². The van der Waals surface area contributed by atoms with Gasteiger partial charge in [-0.05, 0) is 50.2 Å². The summed E-state index contributed by atoms with van der Waals surface area (Å²) < 4.78 is 60.3. The molecule has 3 nitrogen and oxygen atoms in total. The number of halogens is 4. The van der Waals surface area contributed by atoms with Gasteiger partial charge in [-0.3, -0.25) is 9.59 Å². The van der Waals surface area contributed by atoms with Crippen LogP contribution in [0.25, 0.3) is 0 Å². The molecule has 0 heterocycles. The third-order valence-electron chi connectivity index (χ3n) is 5.01. The number of ether oxygens (including phenoxy) is 1. The molecule has 1 aromatic carbocycles. The molecule has 1 saturated carbocycles. The molecule has 0 amide bonds. The first-order chi connectivity index (χ1) is 12.0. The minimum atomic E-state index is -4.73. The van der Waals surface area contributed by atoms with Gasteiger partial charge in [-0.1, -0.05) is 13.0 Å². The number of esters is 1. The van der Waals surface area contributed by atoms with E-state index in [1.54, 1.807) is 13.8 Å². The number of carbonyl (C=O) groups is 2. The quantitative estimate of drug-likeness (QED) is 0.437. The molecule has 3 atom stereocenters. The molecule has 0 bridgehead atoms. The number of aryl methyl sites for hydroxylation is 2. The van der Waals surface area contributed by atoms with Crippen LogP contribution in [0.4, 0.5) is 17.6 Å². The van der Waals surface area contributed by atoms with Crippen molar-refractivity contribution in [1.82, 2.24) is 0 Å². The van der Waals surface area contributed by atoms with Crippen molar-refractivity contribution in [3.63, 3.8) is 0 Å². The number of carbonyl (C=O) groups excluding carboxylic acids is 2. The van der Waals surface area contributed by atoms with Crippen LogP contribution in [0.3, 0.4) is 0 Å². The Morgan fingerprint density at radius 3 is 2.42 bits per heavy atom. The van der Waals surface area contributed by atoms with Gasteiger partial charge in [-0.25, -0.2) is 4.39 Å². The van der Waals surface area contributed by atoms with Gasteiger partial charge in [0, 0.05) is 12.0 Å². The van der Waals surface area contributed by atoms with E-state index in [2.05, 4.69) is 0 Å². The minimum Gasteiger partial charge on any atom is -0.465 e. The number of ketones is 1. The molecule has 144 valence electrons. The summed E-state index contributed by atoms with van der Waals surface area (Å²) in [5.41, 5.74) is -1.44. The molecule has 0 spiro atoms. The number of alkyl halides is 3. The lowest BCUT2D eigenvalue weighted by Gasteiger charge is -2.34. The average molecular weight is 374 g/mol. The maximum atomic E-state index is 14.7. The maximum Gasteiger partial charge on any atom is 0.417 e. The standard InChI is InChI=1S/C19H22F4O3/c1-5-26-18(25)13-7-9(2)12(8-14(13)24)15-16(19(21,22)23)10(3)6-11(4)17(15)20/h6,9,12-13H,5,7-8H2,1-4H3. The summed E-state index contributed by atoms with van der Waals surface area (Å²) in [6, 6.07) is 1.17. The molecule has 3 unspecified atom stereocenters. The van der Waals surface area contributed by atoms with E-state index in [0.717, 1.165) is 0 Å². The molecule has 26 heavy (non-hydrogen) atoms. The zero-order chi connectivity index (χ0) is 19.8. The number of Topliss-reactive ketones (excluding diaryl/α,β-unsaturated/α-hetero) is 1. The first-order valence-electron chi connectivity index (χ1n) is 8.55. The van der Waals surface area contributed by atoms with Crippen molar-refractivity contribution < 1.29 is 31.9 Å². The highest BCUT2D eigenvalue weighted by Crippen LogP contribution is 2.46. The Bertz CT molecular complexity index is 724. The summed E-state index contributed by atoms with van der Waals surface area (Å²) in [6.45, 7) is 6.06. The summed E-state index contributed by atoms with van der Waals surface area (Å²) in [7, 11) is 0. The first-order valence-corrected chi connectivity index (χ1v) is 8.55. The summed E-state index contributed by atoms with van der Waals surface area (Å²) in [5, 5.41) is 0. The van der Waals surface area contributed by atoms with Gasteiger partial charge in [0.05, 0.1) is 12.2 Å². The van der Waals surface area contributed by atoms with Crippen molar-refractivity contribution in [2.45, 2.75) is 52.6 Å². The first kappa shape index (κ1) is 20.4. The van der Waals surface area contributed by atoms with Crippen LogP contribution in [0.1, 0.15) is 54.9 Å². The number of benzene rings is 1. The van der Waals surface area contributed by atoms with Gasteiger partial charge in [-0.15, -0.1) is 0 Å². The van der Waals surface area contributed by atoms with E-state index in [4.69, 9.17) is 4.74 Å². The average Bonchev–Trinajstić information content (AvgIpc) is 2.51. The normalized spacial score (nSPS) is 23.8. The van der Waals surface area contributed by atoms with Gasteiger partial charge < -0.3 is 4.74 Å². The van der Waals surface area contributed by atoms with E-state index in [0.29, 0.717) is 0 Å². The van der Waals surface area contributed by atoms with Crippen molar-refractivity contribution in [3.05, 3.63) is 34.1 Å². The van der Waals surface area contributed by atoms with Crippen LogP contribution in [0.15, 0.2) is 6.07 Å². The second-order valence-corrected chi connectivity index (χ2v) is 6.91. The van der Waals surface area contributed by atoms with Crippen molar-refractivity contribution in [1.29, 1.82) is 0 Å². The second-order valence-electron chi connectivity index (χ2n) is 6.91. The van der Waals surface area contributed by atoms with E-state index >= 15 is 0 Å². The molecule has 0 saturated heterocycles. The van der Waals surface area contributed by atoms with E-state index in [1.165, 1.54) is 19.9 Å². The molecule has 1 aromatic rings. The van der Waals surface area contributed by atoms with Crippen molar-refractivity contribution >= 4 is 11.8 Å². The summed E-state index contributed by atoms with van der Waals surface area (Å²) in [5.74, 6) is -4.49. The number of hydrogen-bond donors (Lipinski definition) is 0. The topological polar surface area (TPSA) is 43.4 Å². The number of hydrogen-bond acceptors (Lipinski definition) is 3. The smallest absolute Gasteiger partial charge is 0.417 e. The van der Waals surface area contributed by atoms with Crippen LogP contribution in [0, 0.1) is 31.5 Å². The van der Waals surface area contributed by atoms with Crippen molar-refractivity contribution in [2.24, 2.45) is 11.8 Å². The molecule has 0 radical (unpaired) electrons. The fraction of sp³-hybridized carbons (Fsp3) is 0.579. The van der Waals surface area contributed by atoms with Crippen LogP contribution in [-0.4, -0.2) is 18.4 Å². The zero-order valence-electron chi connectivity index (χ0n) is 15.2. The van der Waals surface area contributed by atoms with Crippen LogP contribution in [0.2, 0.25) is 0 Å². The zero-order valence-corrected chi connectivity index (χ0v) is 15.2. The van der Waals surface area contributed by atoms with Crippen LogP contribution < -0.4 is 0 Å². The number of rotatable bonds is 3. The highest BCUT2D eigenvalue weighted by Gasteiger charge is 2.45. The van der Waals surface area contributed by atoms with Crippen LogP contribution in [0.5, 0.6) is 0 Å². The van der Waals surface area contributed by atoms with E-state index in [9.17, 15) is 27.2 Å². The van der Waals surface area contributed by atoms with Gasteiger partial charge in [0.15, 0.2) is 0 Å². The van der Waals surface area contributed by atoms with Gasteiger partial charge >= 0.3 is 12.1 Å². The monoisotopic (exact) mass is 374 g/mol. The van der Waals surface area contributed by atoms with Crippen LogP contribution in [-0.2, 0) is 20.5 Å². The van der Waals surface area contributed by atoms with E-state index in [1.807, 2.05) is 0 Å². The van der Waals surface area contributed by atoms with Crippen molar-refractivity contribution in [2.75, 3.05) is 6.61 Å². The predicted molar refractivity (Wildman–Crippen MR) is 87.1 cm³/mol. The molecule has 0 aliphatic heterocycles. The third-order valence-corrected chi connectivity index (χ3v) is 5.01. The fourth-order valence-corrected chi connectivity index (χ4v) is 3.80. The lowest BCUT2D eigenvalue weighted by molar-refractivity contribution is -0.154. The summed E-state index contributed by atoms with van der Waals surface area (Å²) in [4.78, 5) is 24.3. The van der Waals surface area contributed by atoms with E-state index in [-0.39, 0.29) is 30.6 Å². The second kappa shape index (κ2) is 7.37.